The number of amides is 1. The molecule has 0 unspecified atom stereocenters. The Balaban J connectivity index is 1.72. The fraction of sp³-hybridized carbons (Fsp3) is 0.235. The lowest BCUT2D eigenvalue weighted by Gasteiger charge is -2.08. The summed E-state index contributed by atoms with van der Waals surface area (Å²) in [7, 11) is 0. The fourth-order valence-electron chi connectivity index (χ4n) is 2.87. The highest BCUT2D eigenvalue weighted by Crippen LogP contribution is 2.25. The summed E-state index contributed by atoms with van der Waals surface area (Å²) in [5.74, 6) is -0.243. The number of fused-ring (bicyclic) bond motifs is 1. The van der Waals surface area contributed by atoms with Gasteiger partial charge in [-0.1, -0.05) is 24.3 Å². The van der Waals surface area contributed by atoms with Crippen molar-refractivity contribution in [3.63, 3.8) is 0 Å². The molecule has 0 radical (unpaired) electrons. The highest BCUT2D eigenvalue weighted by Gasteiger charge is 2.16. The maximum Gasteiger partial charge on any atom is 0.273 e. The molecule has 2 aromatic carbocycles. The molecule has 2 aromatic rings. The number of hydrogen-bond acceptors (Lipinski definition) is 3. The van der Waals surface area contributed by atoms with Crippen LogP contribution in [0.25, 0.3) is 0 Å². The first-order chi connectivity index (χ1) is 10.6. The molecule has 0 aliphatic heterocycles. The van der Waals surface area contributed by atoms with Crippen molar-refractivity contribution in [1.82, 2.24) is 0 Å². The molecule has 112 valence electrons. The standard InChI is InChI=1S/C17H16N2O3/c20-17(11-14-4-1-2-7-16(14)19(21)22)18-15-9-8-12-5-3-6-13(12)10-15/h1-2,4,7-10H,3,5-6,11H2,(H,18,20). The van der Waals surface area contributed by atoms with Crippen molar-refractivity contribution >= 4 is 17.3 Å². The lowest BCUT2D eigenvalue weighted by atomic mass is 10.1. The highest BCUT2D eigenvalue weighted by molar-refractivity contribution is 5.93. The molecule has 0 bridgehead atoms. The molecule has 0 heterocycles. The van der Waals surface area contributed by atoms with Gasteiger partial charge >= 0.3 is 0 Å². The van der Waals surface area contributed by atoms with Crippen molar-refractivity contribution in [1.29, 1.82) is 0 Å². The predicted molar refractivity (Wildman–Crippen MR) is 83.9 cm³/mol. The van der Waals surface area contributed by atoms with Crippen LogP contribution in [0.15, 0.2) is 42.5 Å². The summed E-state index contributed by atoms with van der Waals surface area (Å²) in [5.41, 5.74) is 3.78. The molecular formula is C17H16N2O3. The SMILES string of the molecule is O=C(Cc1ccccc1[N+](=O)[O-])Nc1ccc2c(c1)CCC2. The Morgan fingerprint density at radius 3 is 2.73 bits per heavy atom. The van der Waals surface area contributed by atoms with Gasteiger partial charge in [0.1, 0.15) is 0 Å². The summed E-state index contributed by atoms with van der Waals surface area (Å²) in [4.78, 5) is 22.6. The molecule has 1 N–H and O–H groups in total. The monoisotopic (exact) mass is 296 g/mol. The Bertz CT molecular complexity index is 740. The molecule has 22 heavy (non-hydrogen) atoms. The molecule has 0 spiro atoms. The average molecular weight is 296 g/mol. The van der Waals surface area contributed by atoms with E-state index in [0.29, 0.717) is 5.56 Å². The van der Waals surface area contributed by atoms with E-state index in [1.165, 1.54) is 17.2 Å². The first kappa shape index (κ1) is 14.3. The van der Waals surface area contributed by atoms with Crippen molar-refractivity contribution < 1.29 is 9.72 Å². The van der Waals surface area contributed by atoms with E-state index in [4.69, 9.17) is 0 Å². The number of aryl methyl sites for hydroxylation is 2. The minimum Gasteiger partial charge on any atom is -0.326 e. The van der Waals surface area contributed by atoms with Gasteiger partial charge in [0.05, 0.1) is 11.3 Å². The predicted octanol–water partition coefficient (Wildman–Crippen LogP) is 3.26. The minimum atomic E-state index is -0.460. The second-order valence-corrected chi connectivity index (χ2v) is 5.45. The van der Waals surface area contributed by atoms with Gasteiger partial charge in [-0.3, -0.25) is 14.9 Å². The van der Waals surface area contributed by atoms with Crippen LogP contribution in [0.1, 0.15) is 23.1 Å². The number of rotatable bonds is 4. The number of nitrogens with zero attached hydrogens (tertiary/aromatic N) is 1. The lowest BCUT2D eigenvalue weighted by molar-refractivity contribution is -0.385. The molecule has 0 aromatic heterocycles. The third-order valence-corrected chi connectivity index (χ3v) is 3.92. The summed E-state index contributed by atoms with van der Waals surface area (Å²) >= 11 is 0. The van der Waals surface area contributed by atoms with Crippen molar-refractivity contribution in [3.05, 3.63) is 69.3 Å². The number of carbonyl (C=O) groups excluding carboxylic acids is 1. The van der Waals surface area contributed by atoms with Crippen molar-refractivity contribution in [2.45, 2.75) is 25.7 Å². The van der Waals surface area contributed by atoms with Gasteiger partial charge in [-0.2, -0.15) is 0 Å². The van der Waals surface area contributed by atoms with Crippen molar-refractivity contribution in [3.8, 4) is 0 Å². The summed E-state index contributed by atoms with van der Waals surface area (Å²) in [6.07, 6.45) is 3.29. The molecule has 1 amide bonds. The smallest absolute Gasteiger partial charge is 0.273 e. The van der Waals surface area contributed by atoms with E-state index >= 15 is 0 Å². The van der Waals surface area contributed by atoms with E-state index in [2.05, 4.69) is 5.32 Å². The normalized spacial score (nSPS) is 12.7. The molecular weight excluding hydrogens is 280 g/mol. The Hall–Kier alpha value is -2.69. The fourth-order valence-corrected chi connectivity index (χ4v) is 2.87. The first-order valence-electron chi connectivity index (χ1n) is 7.27. The number of hydrogen-bond donors (Lipinski definition) is 1. The van der Waals surface area contributed by atoms with Crippen LogP contribution < -0.4 is 5.32 Å². The molecule has 1 aliphatic carbocycles. The summed E-state index contributed by atoms with van der Waals surface area (Å²) in [5, 5.41) is 13.8. The zero-order valence-corrected chi connectivity index (χ0v) is 12.0. The number of nitro groups is 1. The van der Waals surface area contributed by atoms with Crippen LogP contribution in [0.2, 0.25) is 0 Å². The molecule has 3 rings (SSSR count). The third kappa shape index (κ3) is 2.98. The van der Waals surface area contributed by atoms with E-state index in [1.54, 1.807) is 18.2 Å². The average Bonchev–Trinajstić information content (AvgIpc) is 2.95. The van der Waals surface area contributed by atoms with Crippen LogP contribution in [0.4, 0.5) is 11.4 Å². The molecule has 5 nitrogen and oxygen atoms in total. The van der Waals surface area contributed by atoms with Crippen LogP contribution in [0.3, 0.4) is 0 Å². The summed E-state index contributed by atoms with van der Waals surface area (Å²) in [6.45, 7) is 0. The Morgan fingerprint density at radius 2 is 1.91 bits per heavy atom. The van der Waals surface area contributed by atoms with Gasteiger partial charge in [-0.25, -0.2) is 0 Å². The number of para-hydroxylation sites is 1. The summed E-state index contributed by atoms with van der Waals surface area (Å²) < 4.78 is 0. The minimum absolute atomic E-state index is 0.00572. The topological polar surface area (TPSA) is 72.2 Å². The third-order valence-electron chi connectivity index (χ3n) is 3.92. The second-order valence-electron chi connectivity index (χ2n) is 5.45. The number of anilines is 1. The van der Waals surface area contributed by atoms with Crippen LogP contribution in [-0.2, 0) is 24.1 Å². The van der Waals surface area contributed by atoms with Crippen LogP contribution in [0.5, 0.6) is 0 Å². The number of carbonyl (C=O) groups is 1. The lowest BCUT2D eigenvalue weighted by Crippen LogP contribution is -2.15. The zero-order chi connectivity index (χ0) is 15.5. The summed E-state index contributed by atoms with van der Waals surface area (Å²) in [6, 6.07) is 12.3. The maximum atomic E-state index is 12.1. The number of benzene rings is 2. The quantitative estimate of drug-likeness (QED) is 0.695. The Kier molecular flexibility index (Phi) is 3.87. The van der Waals surface area contributed by atoms with Gasteiger partial charge < -0.3 is 5.32 Å². The largest absolute Gasteiger partial charge is 0.326 e. The Labute approximate surface area is 128 Å². The van der Waals surface area contributed by atoms with Crippen LogP contribution in [0, 0.1) is 10.1 Å². The van der Waals surface area contributed by atoms with Gasteiger partial charge in [-0.15, -0.1) is 0 Å². The maximum absolute atomic E-state index is 12.1. The highest BCUT2D eigenvalue weighted by atomic mass is 16.6. The number of nitrogens with one attached hydrogen (secondary N) is 1. The molecule has 5 heteroatoms. The molecule has 0 saturated heterocycles. The van der Waals surface area contributed by atoms with Gasteiger partial charge in [-0.05, 0) is 42.5 Å². The van der Waals surface area contributed by atoms with Crippen LogP contribution in [-0.4, -0.2) is 10.8 Å². The Morgan fingerprint density at radius 1 is 1.14 bits per heavy atom. The van der Waals surface area contributed by atoms with E-state index < -0.39 is 4.92 Å². The van der Waals surface area contributed by atoms with E-state index in [0.717, 1.165) is 24.9 Å². The van der Waals surface area contributed by atoms with Gasteiger partial charge in [0.25, 0.3) is 5.69 Å². The van der Waals surface area contributed by atoms with E-state index in [9.17, 15) is 14.9 Å². The van der Waals surface area contributed by atoms with Crippen molar-refractivity contribution in [2.75, 3.05) is 5.32 Å². The molecule has 0 saturated carbocycles. The second kappa shape index (κ2) is 5.97. The molecule has 1 aliphatic rings. The zero-order valence-electron chi connectivity index (χ0n) is 12.0. The van der Waals surface area contributed by atoms with Gasteiger partial charge in [0.15, 0.2) is 0 Å². The first-order valence-corrected chi connectivity index (χ1v) is 7.27. The van der Waals surface area contributed by atoms with Crippen molar-refractivity contribution in [2.24, 2.45) is 0 Å². The van der Waals surface area contributed by atoms with E-state index in [1.807, 2.05) is 18.2 Å². The van der Waals surface area contributed by atoms with E-state index in [-0.39, 0.29) is 18.0 Å². The number of nitro benzene ring substituents is 1. The van der Waals surface area contributed by atoms with Gasteiger partial charge in [0, 0.05) is 17.3 Å². The molecule has 0 fully saturated rings. The van der Waals surface area contributed by atoms with Gasteiger partial charge in [0.2, 0.25) is 5.91 Å². The molecule has 0 atom stereocenters. The van der Waals surface area contributed by atoms with Crippen LogP contribution >= 0.6 is 0 Å².